The van der Waals surface area contributed by atoms with E-state index in [2.05, 4.69) is 10.6 Å². The number of hydrogen-bond acceptors (Lipinski definition) is 4. The van der Waals surface area contributed by atoms with E-state index < -0.39 is 11.9 Å². The fourth-order valence-electron chi connectivity index (χ4n) is 3.48. The lowest BCUT2D eigenvalue weighted by Crippen LogP contribution is -2.47. The Balaban J connectivity index is 1.64. The van der Waals surface area contributed by atoms with Crippen molar-refractivity contribution in [3.63, 3.8) is 0 Å². The van der Waals surface area contributed by atoms with Gasteiger partial charge in [-0.3, -0.25) is 14.4 Å². The highest BCUT2D eigenvalue weighted by Crippen LogP contribution is 2.23. The van der Waals surface area contributed by atoms with Crippen LogP contribution in [0.4, 0.5) is 5.69 Å². The summed E-state index contributed by atoms with van der Waals surface area (Å²) in [5.74, 6) is 0.119. The molecule has 2 aromatic carbocycles. The fourth-order valence-corrected chi connectivity index (χ4v) is 4.45. The number of nitrogens with zero attached hydrogens (tertiary/aromatic N) is 1. The average molecular weight is 494 g/mol. The number of carbonyl (C=O) groups excluding carboxylic acids is 3. The van der Waals surface area contributed by atoms with Crippen molar-refractivity contribution in [3.8, 4) is 0 Å². The van der Waals surface area contributed by atoms with Crippen molar-refractivity contribution in [2.75, 3.05) is 23.5 Å². The van der Waals surface area contributed by atoms with Crippen LogP contribution in [0.15, 0.2) is 42.5 Å². The summed E-state index contributed by atoms with van der Waals surface area (Å²) in [6.45, 7) is 1.01. The van der Waals surface area contributed by atoms with Gasteiger partial charge in [-0.25, -0.2) is 0 Å². The molecule has 1 aliphatic heterocycles. The molecule has 3 rings (SSSR count). The summed E-state index contributed by atoms with van der Waals surface area (Å²) < 4.78 is 0. The molecular weight excluding hydrogens is 469 g/mol. The molecular formula is C23H25Cl2N3O3S. The van der Waals surface area contributed by atoms with Gasteiger partial charge in [0.1, 0.15) is 6.04 Å². The van der Waals surface area contributed by atoms with Crippen LogP contribution in [0.1, 0.15) is 35.2 Å². The quantitative estimate of drug-likeness (QED) is 0.546. The number of rotatable bonds is 9. The molecule has 0 bridgehead atoms. The van der Waals surface area contributed by atoms with Crippen molar-refractivity contribution in [2.24, 2.45) is 0 Å². The van der Waals surface area contributed by atoms with E-state index >= 15 is 0 Å². The van der Waals surface area contributed by atoms with Crippen molar-refractivity contribution >= 4 is 58.4 Å². The lowest BCUT2D eigenvalue weighted by atomic mass is 10.1. The van der Waals surface area contributed by atoms with Gasteiger partial charge in [-0.2, -0.15) is 11.8 Å². The molecule has 1 fully saturated rings. The number of benzene rings is 2. The van der Waals surface area contributed by atoms with Gasteiger partial charge in [0.15, 0.2) is 0 Å². The molecule has 2 N–H and O–H groups in total. The molecule has 1 atom stereocenters. The highest BCUT2D eigenvalue weighted by Gasteiger charge is 2.23. The maximum atomic E-state index is 12.9. The fraction of sp³-hybridized carbons (Fsp3) is 0.348. The van der Waals surface area contributed by atoms with E-state index in [0.717, 1.165) is 17.7 Å². The van der Waals surface area contributed by atoms with Crippen molar-refractivity contribution < 1.29 is 14.4 Å². The molecule has 3 amide bonds. The van der Waals surface area contributed by atoms with E-state index in [4.69, 9.17) is 23.2 Å². The smallest absolute Gasteiger partial charge is 0.253 e. The predicted octanol–water partition coefficient (Wildman–Crippen LogP) is 4.29. The van der Waals surface area contributed by atoms with Gasteiger partial charge < -0.3 is 15.5 Å². The van der Waals surface area contributed by atoms with Crippen LogP contribution in [-0.4, -0.2) is 42.3 Å². The molecule has 0 aliphatic carbocycles. The summed E-state index contributed by atoms with van der Waals surface area (Å²) >= 11 is 13.6. The third kappa shape index (κ3) is 6.40. The Bertz CT molecular complexity index is 1000. The second kappa shape index (κ2) is 11.6. The van der Waals surface area contributed by atoms with Crippen molar-refractivity contribution in [1.29, 1.82) is 0 Å². The summed E-state index contributed by atoms with van der Waals surface area (Å²) in [5.41, 5.74) is 1.98. The third-order valence-electron chi connectivity index (χ3n) is 5.17. The van der Waals surface area contributed by atoms with E-state index in [9.17, 15) is 14.4 Å². The molecule has 0 radical (unpaired) electrons. The Kier molecular flexibility index (Phi) is 8.84. The van der Waals surface area contributed by atoms with Crippen LogP contribution in [0.25, 0.3) is 0 Å². The maximum Gasteiger partial charge on any atom is 0.253 e. The van der Waals surface area contributed by atoms with Crippen molar-refractivity contribution in [3.05, 3.63) is 63.6 Å². The van der Waals surface area contributed by atoms with Crippen LogP contribution in [0.2, 0.25) is 10.0 Å². The second-order valence-corrected chi connectivity index (χ2v) is 9.30. The number of anilines is 1. The van der Waals surface area contributed by atoms with Gasteiger partial charge in [0.05, 0.1) is 10.6 Å². The largest absolute Gasteiger partial charge is 0.350 e. The first-order chi connectivity index (χ1) is 15.4. The standard InChI is InChI=1S/C23H25Cl2N3O3S/c1-32-11-9-20(27-22(30)18-8-7-16(24)13-19(18)25)23(31)26-14-15-4-2-5-17(12-15)28-10-3-6-21(28)29/h2,4-5,7-8,12-13,20H,3,6,9-11,14H2,1H3,(H,26,31)(H,27,30). The Hall–Kier alpha value is -2.22. The molecule has 9 heteroatoms. The van der Waals surface area contributed by atoms with Gasteiger partial charge in [0, 0.05) is 30.2 Å². The van der Waals surface area contributed by atoms with E-state index in [1.165, 1.54) is 12.1 Å². The molecule has 1 unspecified atom stereocenters. The molecule has 1 heterocycles. The average Bonchev–Trinajstić information content (AvgIpc) is 3.20. The van der Waals surface area contributed by atoms with Gasteiger partial charge in [-0.15, -0.1) is 0 Å². The minimum Gasteiger partial charge on any atom is -0.350 e. The van der Waals surface area contributed by atoms with E-state index in [1.807, 2.05) is 30.5 Å². The minimum atomic E-state index is -0.704. The highest BCUT2D eigenvalue weighted by atomic mass is 35.5. The van der Waals surface area contributed by atoms with Crippen molar-refractivity contribution in [2.45, 2.75) is 31.8 Å². The van der Waals surface area contributed by atoms with Gasteiger partial charge >= 0.3 is 0 Å². The van der Waals surface area contributed by atoms with Crippen LogP contribution in [0.5, 0.6) is 0 Å². The Morgan fingerprint density at radius 3 is 2.69 bits per heavy atom. The number of carbonyl (C=O) groups is 3. The SMILES string of the molecule is CSCCC(NC(=O)c1ccc(Cl)cc1Cl)C(=O)NCc1cccc(N2CCCC2=O)c1. The maximum absolute atomic E-state index is 12.9. The molecule has 2 aromatic rings. The molecule has 1 saturated heterocycles. The number of hydrogen-bond donors (Lipinski definition) is 2. The minimum absolute atomic E-state index is 0.117. The van der Waals surface area contributed by atoms with E-state index in [1.54, 1.807) is 22.7 Å². The zero-order chi connectivity index (χ0) is 23.1. The van der Waals surface area contributed by atoms with Crippen LogP contribution < -0.4 is 15.5 Å². The first-order valence-corrected chi connectivity index (χ1v) is 12.5. The molecule has 32 heavy (non-hydrogen) atoms. The lowest BCUT2D eigenvalue weighted by Gasteiger charge is -2.19. The zero-order valence-corrected chi connectivity index (χ0v) is 20.0. The van der Waals surface area contributed by atoms with Crippen LogP contribution in [-0.2, 0) is 16.1 Å². The number of nitrogens with one attached hydrogen (secondary N) is 2. The molecule has 0 aromatic heterocycles. The number of halogens is 2. The van der Waals surface area contributed by atoms with Crippen molar-refractivity contribution in [1.82, 2.24) is 10.6 Å². The third-order valence-corrected chi connectivity index (χ3v) is 6.36. The predicted molar refractivity (Wildman–Crippen MR) is 131 cm³/mol. The molecule has 0 spiro atoms. The Morgan fingerprint density at radius 2 is 2.00 bits per heavy atom. The normalized spacial score (nSPS) is 14.3. The zero-order valence-electron chi connectivity index (χ0n) is 17.7. The van der Waals surface area contributed by atoms with Gasteiger partial charge in [-0.1, -0.05) is 35.3 Å². The first-order valence-electron chi connectivity index (χ1n) is 10.3. The molecule has 1 aliphatic rings. The summed E-state index contributed by atoms with van der Waals surface area (Å²) in [6.07, 6.45) is 3.84. The molecule has 6 nitrogen and oxygen atoms in total. The highest BCUT2D eigenvalue weighted by molar-refractivity contribution is 7.98. The van der Waals surface area contributed by atoms with Gasteiger partial charge in [0.2, 0.25) is 11.8 Å². The number of thioether (sulfide) groups is 1. The van der Waals surface area contributed by atoms with E-state index in [-0.39, 0.29) is 22.4 Å². The Morgan fingerprint density at radius 1 is 1.19 bits per heavy atom. The molecule has 0 saturated carbocycles. The Labute approximate surface area is 202 Å². The van der Waals surface area contributed by atoms with Crippen LogP contribution in [0.3, 0.4) is 0 Å². The van der Waals surface area contributed by atoms with Gasteiger partial charge in [0.25, 0.3) is 5.91 Å². The summed E-state index contributed by atoms with van der Waals surface area (Å²) in [7, 11) is 0. The molecule has 170 valence electrons. The van der Waals surface area contributed by atoms with Crippen LogP contribution in [0, 0.1) is 0 Å². The topological polar surface area (TPSA) is 78.5 Å². The summed E-state index contributed by atoms with van der Waals surface area (Å²) in [4.78, 5) is 39.3. The monoisotopic (exact) mass is 493 g/mol. The first kappa shape index (κ1) is 24.4. The lowest BCUT2D eigenvalue weighted by molar-refractivity contribution is -0.123. The summed E-state index contributed by atoms with van der Waals surface area (Å²) in [6, 6.07) is 11.5. The summed E-state index contributed by atoms with van der Waals surface area (Å²) in [5, 5.41) is 6.34. The second-order valence-electron chi connectivity index (χ2n) is 7.47. The van der Waals surface area contributed by atoms with Gasteiger partial charge in [-0.05, 0) is 60.7 Å². The van der Waals surface area contributed by atoms with Crippen LogP contribution >= 0.6 is 35.0 Å². The van der Waals surface area contributed by atoms with E-state index in [0.29, 0.717) is 36.7 Å². The number of amides is 3.